The van der Waals surface area contributed by atoms with Crippen LogP contribution in [0.3, 0.4) is 0 Å². The van der Waals surface area contributed by atoms with Gasteiger partial charge in [-0.3, -0.25) is 4.68 Å². The third-order valence-corrected chi connectivity index (χ3v) is 2.31. The molecule has 0 radical (unpaired) electrons. The minimum Gasteiger partial charge on any atom is -0.382 e. The van der Waals surface area contributed by atoms with E-state index in [0.717, 1.165) is 0 Å². The first kappa shape index (κ1) is 8.81. The van der Waals surface area contributed by atoms with Crippen LogP contribution in [-0.4, -0.2) is 9.78 Å². The zero-order valence-corrected chi connectivity index (χ0v) is 8.09. The van der Waals surface area contributed by atoms with Crippen molar-refractivity contribution in [3.63, 3.8) is 0 Å². The van der Waals surface area contributed by atoms with Crippen molar-refractivity contribution in [2.75, 3.05) is 5.73 Å². The van der Waals surface area contributed by atoms with Gasteiger partial charge in [-0.2, -0.15) is 5.10 Å². The molecule has 2 rings (SSSR count). The average Bonchev–Trinajstić information content (AvgIpc) is 2.65. The number of benzene rings is 1. The first-order chi connectivity index (χ1) is 6.77. The van der Waals surface area contributed by atoms with Gasteiger partial charge in [0.15, 0.2) is 0 Å². The summed E-state index contributed by atoms with van der Waals surface area (Å²) < 4.78 is 1.87. The molecule has 0 saturated carbocycles. The lowest BCUT2D eigenvalue weighted by atomic mass is 10.1. The van der Waals surface area contributed by atoms with Crippen LogP contribution < -0.4 is 5.73 Å². The van der Waals surface area contributed by atoms with Crippen molar-refractivity contribution in [3.05, 3.63) is 48.2 Å². The molecule has 14 heavy (non-hydrogen) atoms. The summed E-state index contributed by atoms with van der Waals surface area (Å²) in [6, 6.07) is 12.3. The van der Waals surface area contributed by atoms with Crippen molar-refractivity contribution in [1.29, 1.82) is 0 Å². The highest BCUT2D eigenvalue weighted by Crippen LogP contribution is 2.16. The topological polar surface area (TPSA) is 43.8 Å². The van der Waals surface area contributed by atoms with Gasteiger partial charge in [-0.1, -0.05) is 30.3 Å². The summed E-state index contributed by atoms with van der Waals surface area (Å²) in [6.45, 7) is 2.10. The second kappa shape index (κ2) is 3.54. The molecule has 0 spiro atoms. The summed E-state index contributed by atoms with van der Waals surface area (Å²) in [5.41, 5.74) is 6.79. The number of rotatable bonds is 2. The van der Waals surface area contributed by atoms with Crippen LogP contribution in [0, 0.1) is 0 Å². The zero-order valence-electron chi connectivity index (χ0n) is 8.09. The van der Waals surface area contributed by atoms with Crippen molar-refractivity contribution in [3.8, 4) is 0 Å². The van der Waals surface area contributed by atoms with Gasteiger partial charge in [-0.25, -0.2) is 0 Å². The maximum absolute atomic E-state index is 5.56. The summed E-state index contributed by atoms with van der Waals surface area (Å²) in [4.78, 5) is 0. The maximum atomic E-state index is 5.56. The summed E-state index contributed by atoms with van der Waals surface area (Å²) in [5.74, 6) is 0.563. The maximum Gasteiger partial charge on any atom is 0.145 e. The van der Waals surface area contributed by atoms with Gasteiger partial charge >= 0.3 is 0 Å². The van der Waals surface area contributed by atoms with E-state index in [9.17, 15) is 0 Å². The molecule has 0 aliphatic rings. The molecule has 1 unspecified atom stereocenters. The Morgan fingerprint density at radius 2 is 1.93 bits per heavy atom. The van der Waals surface area contributed by atoms with Crippen LogP contribution in [0.25, 0.3) is 0 Å². The molecule has 1 heterocycles. The third-order valence-electron chi connectivity index (χ3n) is 2.31. The Balaban J connectivity index is 2.29. The molecule has 72 valence electrons. The average molecular weight is 187 g/mol. The van der Waals surface area contributed by atoms with E-state index >= 15 is 0 Å². The molecule has 1 aromatic heterocycles. The number of nitrogens with two attached hydrogens (primary N) is 1. The summed E-state index contributed by atoms with van der Waals surface area (Å²) >= 11 is 0. The smallest absolute Gasteiger partial charge is 0.145 e. The van der Waals surface area contributed by atoms with Crippen molar-refractivity contribution < 1.29 is 0 Å². The predicted octanol–water partition coefficient (Wildman–Crippen LogP) is 2.07. The molecule has 0 bridgehead atoms. The molecule has 0 saturated heterocycles. The number of anilines is 1. The van der Waals surface area contributed by atoms with Gasteiger partial charge < -0.3 is 5.73 Å². The Kier molecular flexibility index (Phi) is 2.23. The standard InChI is InChI=1S/C11H13N3/c1-9(10-5-3-2-4-6-10)14-8-7-11(12)13-14/h2-9H,1H3,(H2,12,13). The van der Waals surface area contributed by atoms with E-state index in [1.165, 1.54) is 5.56 Å². The quantitative estimate of drug-likeness (QED) is 0.782. The van der Waals surface area contributed by atoms with Crippen LogP contribution in [0.4, 0.5) is 5.82 Å². The second-order valence-corrected chi connectivity index (χ2v) is 3.31. The van der Waals surface area contributed by atoms with Crippen molar-refractivity contribution >= 4 is 5.82 Å². The van der Waals surface area contributed by atoms with E-state index in [4.69, 9.17) is 5.73 Å². The van der Waals surface area contributed by atoms with Crippen LogP contribution in [0.2, 0.25) is 0 Å². The molecule has 1 aromatic carbocycles. The highest BCUT2D eigenvalue weighted by Gasteiger charge is 2.07. The van der Waals surface area contributed by atoms with Crippen LogP contribution >= 0.6 is 0 Å². The third kappa shape index (κ3) is 1.62. The molecule has 1 atom stereocenters. The van der Waals surface area contributed by atoms with Crippen LogP contribution in [0.5, 0.6) is 0 Å². The Labute approximate surface area is 83.2 Å². The van der Waals surface area contributed by atoms with E-state index in [1.807, 2.05) is 29.1 Å². The van der Waals surface area contributed by atoms with Gasteiger partial charge in [-0.15, -0.1) is 0 Å². The fourth-order valence-corrected chi connectivity index (χ4v) is 1.45. The molecular weight excluding hydrogens is 174 g/mol. The summed E-state index contributed by atoms with van der Waals surface area (Å²) in [6.07, 6.45) is 1.90. The summed E-state index contributed by atoms with van der Waals surface area (Å²) in [5, 5.41) is 4.18. The first-order valence-electron chi connectivity index (χ1n) is 4.63. The second-order valence-electron chi connectivity index (χ2n) is 3.31. The summed E-state index contributed by atoms with van der Waals surface area (Å²) in [7, 11) is 0. The molecule has 3 nitrogen and oxygen atoms in total. The predicted molar refractivity (Wildman–Crippen MR) is 56.9 cm³/mol. The molecule has 0 aliphatic heterocycles. The largest absolute Gasteiger partial charge is 0.382 e. The highest BCUT2D eigenvalue weighted by molar-refractivity contribution is 5.26. The molecule has 2 N–H and O–H groups in total. The molecule has 0 aliphatic carbocycles. The minimum atomic E-state index is 0.230. The number of nitrogens with zero attached hydrogens (tertiary/aromatic N) is 2. The highest BCUT2D eigenvalue weighted by atomic mass is 15.3. The van der Waals surface area contributed by atoms with Gasteiger partial charge in [0.25, 0.3) is 0 Å². The van der Waals surface area contributed by atoms with Gasteiger partial charge in [0.2, 0.25) is 0 Å². The van der Waals surface area contributed by atoms with Crippen molar-refractivity contribution in [2.24, 2.45) is 0 Å². The lowest BCUT2D eigenvalue weighted by molar-refractivity contribution is 0.567. The van der Waals surface area contributed by atoms with E-state index in [-0.39, 0.29) is 6.04 Å². The van der Waals surface area contributed by atoms with Gasteiger partial charge in [0, 0.05) is 6.20 Å². The van der Waals surface area contributed by atoms with Crippen LogP contribution in [0.1, 0.15) is 18.5 Å². The molecular formula is C11H13N3. The Hall–Kier alpha value is -1.77. The fourth-order valence-electron chi connectivity index (χ4n) is 1.45. The Bertz CT molecular complexity index is 405. The SMILES string of the molecule is CC(c1ccccc1)n1ccc(N)n1. The fraction of sp³-hybridized carbons (Fsp3) is 0.182. The first-order valence-corrected chi connectivity index (χ1v) is 4.63. The Morgan fingerprint density at radius 3 is 2.50 bits per heavy atom. The van der Waals surface area contributed by atoms with Gasteiger partial charge in [0.1, 0.15) is 5.82 Å². The molecule has 0 fully saturated rings. The zero-order chi connectivity index (χ0) is 9.97. The van der Waals surface area contributed by atoms with Crippen LogP contribution in [0.15, 0.2) is 42.6 Å². The molecule has 3 heteroatoms. The monoisotopic (exact) mass is 187 g/mol. The van der Waals surface area contributed by atoms with E-state index in [2.05, 4.69) is 24.2 Å². The minimum absolute atomic E-state index is 0.230. The van der Waals surface area contributed by atoms with Gasteiger partial charge in [0.05, 0.1) is 6.04 Å². The van der Waals surface area contributed by atoms with Crippen LogP contribution in [-0.2, 0) is 0 Å². The van der Waals surface area contributed by atoms with E-state index in [0.29, 0.717) is 5.82 Å². The molecule has 2 aromatic rings. The normalized spacial score (nSPS) is 12.6. The molecule has 0 amide bonds. The van der Waals surface area contributed by atoms with E-state index < -0.39 is 0 Å². The van der Waals surface area contributed by atoms with Gasteiger partial charge in [-0.05, 0) is 18.6 Å². The number of nitrogen functional groups attached to an aromatic ring is 1. The lowest BCUT2D eigenvalue weighted by Crippen LogP contribution is -2.07. The number of hydrogen-bond acceptors (Lipinski definition) is 2. The lowest BCUT2D eigenvalue weighted by Gasteiger charge is -2.11. The number of hydrogen-bond donors (Lipinski definition) is 1. The van der Waals surface area contributed by atoms with Crippen molar-refractivity contribution in [1.82, 2.24) is 9.78 Å². The number of aromatic nitrogens is 2. The van der Waals surface area contributed by atoms with E-state index in [1.54, 1.807) is 6.07 Å². The van der Waals surface area contributed by atoms with Crippen molar-refractivity contribution in [2.45, 2.75) is 13.0 Å². The Morgan fingerprint density at radius 1 is 1.21 bits per heavy atom.